The Morgan fingerprint density at radius 3 is 2.53 bits per heavy atom. The summed E-state index contributed by atoms with van der Waals surface area (Å²) < 4.78 is 11.0. The molecule has 4 aromatic rings. The van der Waals surface area contributed by atoms with Gasteiger partial charge in [0.1, 0.15) is 5.75 Å². The molecule has 0 atom stereocenters. The van der Waals surface area contributed by atoms with Crippen LogP contribution in [-0.2, 0) is 13.3 Å². The van der Waals surface area contributed by atoms with Crippen LogP contribution in [0, 0.1) is 0 Å². The van der Waals surface area contributed by atoms with Crippen molar-refractivity contribution in [2.24, 2.45) is 0 Å². The Balaban J connectivity index is 1.36. The molecule has 0 aliphatic heterocycles. The van der Waals surface area contributed by atoms with Gasteiger partial charge in [0, 0.05) is 16.2 Å². The molecule has 2 aromatic carbocycles. The summed E-state index contributed by atoms with van der Waals surface area (Å²) in [4.78, 5) is 12.6. The lowest BCUT2D eigenvalue weighted by atomic mass is 10.1. The number of halogens is 2. The molecule has 0 radical (unpaired) electrons. The molecule has 0 aliphatic carbocycles. The first-order valence-corrected chi connectivity index (χ1v) is 10.6. The Hall–Kier alpha value is -2.91. The molecule has 0 spiro atoms. The Morgan fingerprint density at radius 2 is 1.77 bits per heavy atom. The van der Waals surface area contributed by atoms with Gasteiger partial charge in [0.15, 0.2) is 6.73 Å². The van der Waals surface area contributed by atoms with Crippen molar-refractivity contribution in [2.75, 3.05) is 5.32 Å². The van der Waals surface area contributed by atoms with E-state index in [0.29, 0.717) is 17.8 Å². The lowest BCUT2D eigenvalue weighted by Crippen LogP contribution is -2.12. The number of hydrogen-bond donors (Lipinski definition) is 1. The molecular formula is C21H17Br2N5O2. The van der Waals surface area contributed by atoms with Gasteiger partial charge in [-0.05, 0) is 57.9 Å². The van der Waals surface area contributed by atoms with Crippen LogP contribution in [-0.4, -0.2) is 25.5 Å². The number of nitrogens with one attached hydrogen (secondary N) is 1. The fourth-order valence-electron chi connectivity index (χ4n) is 2.80. The predicted molar refractivity (Wildman–Crippen MR) is 120 cm³/mol. The monoisotopic (exact) mass is 529 g/mol. The van der Waals surface area contributed by atoms with Crippen molar-refractivity contribution in [3.8, 4) is 5.75 Å². The number of carbonyl (C=O) groups is 1. The molecule has 0 saturated carbocycles. The third kappa shape index (κ3) is 5.37. The quantitative estimate of drug-likeness (QED) is 0.367. The summed E-state index contributed by atoms with van der Waals surface area (Å²) in [6.45, 7) is 0.824. The van der Waals surface area contributed by atoms with E-state index in [-0.39, 0.29) is 12.6 Å². The molecule has 2 aromatic heterocycles. The zero-order valence-electron chi connectivity index (χ0n) is 15.7. The van der Waals surface area contributed by atoms with E-state index >= 15 is 0 Å². The minimum atomic E-state index is -0.202. The fourth-order valence-corrected chi connectivity index (χ4v) is 3.39. The van der Waals surface area contributed by atoms with E-state index in [1.54, 1.807) is 34.0 Å². The van der Waals surface area contributed by atoms with E-state index in [1.165, 1.54) is 0 Å². The third-order valence-electron chi connectivity index (χ3n) is 4.20. The van der Waals surface area contributed by atoms with Crippen molar-refractivity contribution >= 4 is 43.5 Å². The van der Waals surface area contributed by atoms with Gasteiger partial charge in [0.05, 0.1) is 35.3 Å². The largest absolute Gasteiger partial charge is 0.471 e. The second-order valence-corrected chi connectivity index (χ2v) is 8.34. The van der Waals surface area contributed by atoms with Crippen LogP contribution in [0.5, 0.6) is 5.75 Å². The summed E-state index contributed by atoms with van der Waals surface area (Å²) in [7, 11) is 0. The number of amides is 1. The normalized spacial score (nSPS) is 10.7. The highest BCUT2D eigenvalue weighted by molar-refractivity contribution is 9.10. The van der Waals surface area contributed by atoms with Crippen molar-refractivity contribution in [1.82, 2.24) is 19.6 Å². The SMILES string of the molecule is O=C(Nc1cnn(COc2ccc(Br)cc2)c1)c1cccc(Cn2cc(Br)cn2)c1. The van der Waals surface area contributed by atoms with Gasteiger partial charge in [-0.15, -0.1) is 0 Å². The maximum atomic E-state index is 12.6. The van der Waals surface area contributed by atoms with Crippen molar-refractivity contribution in [3.63, 3.8) is 0 Å². The van der Waals surface area contributed by atoms with Gasteiger partial charge in [0.25, 0.3) is 5.91 Å². The summed E-state index contributed by atoms with van der Waals surface area (Å²) in [5.41, 5.74) is 2.15. The number of nitrogens with zero attached hydrogens (tertiary/aromatic N) is 4. The van der Waals surface area contributed by atoms with Crippen LogP contribution >= 0.6 is 31.9 Å². The molecule has 152 valence electrons. The molecule has 9 heteroatoms. The molecule has 0 saturated heterocycles. The number of anilines is 1. The van der Waals surface area contributed by atoms with Crippen LogP contribution in [0.3, 0.4) is 0 Å². The van der Waals surface area contributed by atoms with Crippen molar-refractivity contribution < 1.29 is 9.53 Å². The van der Waals surface area contributed by atoms with Crippen LogP contribution in [0.25, 0.3) is 0 Å². The van der Waals surface area contributed by atoms with Crippen LogP contribution in [0.2, 0.25) is 0 Å². The predicted octanol–water partition coefficient (Wildman–Crippen LogP) is 4.94. The molecule has 1 N–H and O–H groups in total. The van der Waals surface area contributed by atoms with Gasteiger partial charge < -0.3 is 10.1 Å². The van der Waals surface area contributed by atoms with E-state index in [2.05, 4.69) is 47.4 Å². The van der Waals surface area contributed by atoms with E-state index in [0.717, 1.165) is 20.3 Å². The maximum Gasteiger partial charge on any atom is 0.255 e. The Morgan fingerprint density at radius 1 is 0.967 bits per heavy atom. The number of aromatic nitrogens is 4. The van der Waals surface area contributed by atoms with E-state index in [1.807, 2.05) is 48.7 Å². The van der Waals surface area contributed by atoms with E-state index < -0.39 is 0 Å². The minimum absolute atomic E-state index is 0.202. The van der Waals surface area contributed by atoms with Gasteiger partial charge >= 0.3 is 0 Å². The van der Waals surface area contributed by atoms with Gasteiger partial charge in [-0.25, -0.2) is 4.68 Å². The average molecular weight is 531 g/mol. The number of hydrogen-bond acceptors (Lipinski definition) is 4. The van der Waals surface area contributed by atoms with Gasteiger partial charge in [-0.3, -0.25) is 9.48 Å². The van der Waals surface area contributed by atoms with Crippen LogP contribution < -0.4 is 10.1 Å². The van der Waals surface area contributed by atoms with Crippen molar-refractivity contribution in [3.05, 3.63) is 93.4 Å². The molecule has 7 nitrogen and oxygen atoms in total. The molecule has 2 heterocycles. The van der Waals surface area contributed by atoms with Gasteiger partial charge in [-0.1, -0.05) is 28.1 Å². The van der Waals surface area contributed by atoms with Crippen LogP contribution in [0.15, 0.2) is 82.3 Å². The van der Waals surface area contributed by atoms with Crippen molar-refractivity contribution in [1.29, 1.82) is 0 Å². The maximum absolute atomic E-state index is 12.6. The molecule has 0 unspecified atom stereocenters. The zero-order chi connectivity index (χ0) is 20.9. The topological polar surface area (TPSA) is 74.0 Å². The van der Waals surface area contributed by atoms with Crippen LogP contribution in [0.4, 0.5) is 5.69 Å². The summed E-state index contributed by atoms with van der Waals surface area (Å²) in [6, 6.07) is 15.0. The standard InChI is InChI=1S/C21H17Br2N5O2/c22-17-4-6-20(7-5-17)30-14-28-13-19(10-25-28)26-21(29)16-3-1-2-15(8-16)11-27-12-18(23)9-24-27/h1-10,12-13H,11,14H2,(H,26,29). The Bertz CT molecular complexity index is 1150. The van der Waals surface area contributed by atoms with Crippen LogP contribution in [0.1, 0.15) is 15.9 Å². The number of benzene rings is 2. The summed E-state index contributed by atoms with van der Waals surface area (Å²) in [6.07, 6.45) is 6.93. The minimum Gasteiger partial charge on any atom is -0.471 e. The first-order valence-electron chi connectivity index (χ1n) is 9.04. The lowest BCUT2D eigenvalue weighted by Gasteiger charge is -2.07. The first kappa shape index (κ1) is 20.4. The highest BCUT2D eigenvalue weighted by Gasteiger charge is 2.09. The first-order chi connectivity index (χ1) is 14.5. The molecule has 4 rings (SSSR count). The highest BCUT2D eigenvalue weighted by atomic mass is 79.9. The summed E-state index contributed by atoms with van der Waals surface area (Å²) >= 11 is 6.77. The van der Waals surface area contributed by atoms with Gasteiger partial charge in [0.2, 0.25) is 0 Å². The van der Waals surface area contributed by atoms with E-state index in [4.69, 9.17) is 4.74 Å². The smallest absolute Gasteiger partial charge is 0.255 e. The number of ether oxygens (including phenoxy) is 1. The van der Waals surface area contributed by atoms with Crippen molar-refractivity contribution in [2.45, 2.75) is 13.3 Å². The fraction of sp³-hybridized carbons (Fsp3) is 0.0952. The average Bonchev–Trinajstić information content (AvgIpc) is 3.36. The van der Waals surface area contributed by atoms with E-state index in [9.17, 15) is 4.79 Å². The molecule has 0 fully saturated rings. The molecule has 30 heavy (non-hydrogen) atoms. The summed E-state index contributed by atoms with van der Waals surface area (Å²) in [5, 5.41) is 11.3. The number of rotatable bonds is 7. The Labute approximate surface area is 189 Å². The molecule has 1 amide bonds. The number of carbonyl (C=O) groups excluding carboxylic acids is 1. The second kappa shape index (κ2) is 9.27. The second-order valence-electron chi connectivity index (χ2n) is 6.51. The summed E-state index contributed by atoms with van der Waals surface area (Å²) in [5.74, 6) is 0.534. The zero-order valence-corrected chi connectivity index (χ0v) is 18.9. The lowest BCUT2D eigenvalue weighted by molar-refractivity contribution is 0.102. The molecule has 0 aliphatic rings. The molecular weight excluding hydrogens is 514 g/mol. The highest BCUT2D eigenvalue weighted by Crippen LogP contribution is 2.17. The van der Waals surface area contributed by atoms with Gasteiger partial charge in [-0.2, -0.15) is 10.2 Å². The molecule has 0 bridgehead atoms. The third-order valence-corrected chi connectivity index (χ3v) is 5.14. The Kier molecular flexibility index (Phi) is 6.29.